The van der Waals surface area contributed by atoms with Crippen LogP contribution in [0.2, 0.25) is 0 Å². The number of carboxylic acid groups (broad SMARTS) is 1. The summed E-state index contributed by atoms with van der Waals surface area (Å²) in [4.78, 5) is 22.7. The number of nitrogens with one attached hydrogen (secondary N) is 1. The van der Waals surface area contributed by atoms with Gasteiger partial charge in [0.25, 0.3) is 5.91 Å². The number of hydrogen-bond acceptors (Lipinski definition) is 4. The van der Waals surface area contributed by atoms with Gasteiger partial charge >= 0.3 is 5.97 Å². The first-order valence-corrected chi connectivity index (χ1v) is 9.39. The lowest BCUT2D eigenvalue weighted by Crippen LogP contribution is -2.23. The van der Waals surface area contributed by atoms with Crippen molar-refractivity contribution in [3.63, 3.8) is 0 Å². The minimum absolute atomic E-state index is 0.0978. The van der Waals surface area contributed by atoms with Gasteiger partial charge in [-0.3, -0.25) is 14.3 Å². The van der Waals surface area contributed by atoms with Crippen molar-refractivity contribution in [2.45, 2.75) is 51.1 Å². The molecule has 2 aromatic rings. The first-order valence-electron chi connectivity index (χ1n) is 9.39. The largest absolute Gasteiger partial charge is 0.494 e. The van der Waals surface area contributed by atoms with Crippen LogP contribution in [0.1, 0.15) is 60.6 Å². The minimum Gasteiger partial charge on any atom is -0.494 e. The summed E-state index contributed by atoms with van der Waals surface area (Å²) in [5.41, 5.74) is 1.40. The zero-order chi connectivity index (χ0) is 19.1. The zero-order valence-corrected chi connectivity index (χ0v) is 15.3. The second-order valence-corrected chi connectivity index (χ2v) is 6.79. The van der Waals surface area contributed by atoms with E-state index in [-0.39, 0.29) is 12.3 Å². The highest BCUT2D eigenvalue weighted by Crippen LogP contribution is 2.28. The van der Waals surface area contributed by atoms with E-state index in [1.807, 2.05) is 35.1 Å². The highest BCUT2D eigenvalue weighted by Gasteiger charge is 2.19. The van der Waals surface area contributed by atoms with Crippen LogP contribution in [0.15, 0.2) is 36.5 Å². The Labute approximate surface area is 158 Å². The maximum Gasteiger partial charge on any atom is 0.303 e. The molecule has 144 valence electrons. The van der Waals surface area contributed by atoms with Gasteiger partial charge in [-0.2, -0.15) is 5.10 Å². The minimum atomic E-state index is -0.822. The first-order chi connectivity index (χ1) is 13.1. The zero-order valence-electron chi connectivity index (χ0n) is 15.3. The van der Waals surface area contributed by atoms with Crippen molar-refractivity contribution in [1.29, 1.82) is 0 Å². The van der Waals surface area contributed by atoms with Crippen molar-refractivity contribution >= 4 is 11.9 Å². The third-order valence-corrected chi connectivity index (χ3v) is 4.72. The molecule has 1 saturated carbocycles. The summed E-state index contributed by atoms with van der Waals surface area (Å²) in [7, 11) is 0. The van der Waals surface area contributed by atoms with Crippen LogP contribution in [0, 0.1) is 0 Å². The number of hydrogen-bond donors (Lipinski definition) is 2. The van der Waals surface area contributed by atoms with E-state index < -0.39 is 5.97 Å². The van der Waals surface area contributed by atoms with Gasteiger partial charge < -0.3 is 15.2 Å². The number of aromatic nitrogens is 2. The molecule has 0 unspecified atom stereocenters. The molecule has 1 heterocycles. The molecule has 1 aromatic carbocycles. The second-order valence-electron chi connectivity index (χ2n) is 6.79. The lowest BCUT2D eigenvalue weighted by molar-refractivity contribution is -0.137. The number of aliphatic carboxylic acids is 1. The van der Waals surface area contributed by atoms with E-state index in [9.17, 15) is 9.59 Å². The number of carbonyl (C=O) groups excluding carboxylic acids is 1. The fourth-order valence-electron chi connectivity index (χ4n) is 3.22. The maximum atomic E-state index is 12.3. The van der Waals surface area contributed by atoms with E-state index in [2.05, 4.69) is 10.4 Å². The molecule has 1 amide bonds. The fraction of sp³-hybridized carbons (Fsp3) is 0.450. The third-order valence-electron chi connectivity index (χ3n) is 4.72. The van der Waals surface area contributed by atoms with Crippen LogP contribution in [0.25, 0.3) is 0 Å². The van der Waals surface area contributed by atoms with E-state index in [0.717, 1.165) is 18.4 Å². The predicted octanol–water partition coefficient (Wildman–Crippen LogP) is 3.17. The molecule has 1 aliphatic rings. The Morgan fingerprint density at radius 1 is 1.19 bits per heavy atom. The van der Waals surface area contributed by atoms with Gasteiger partial charge in [0, 0.05) is 19.2 Å². The summed E-state index contributed by atoms with van der Waals surface area (Å²) in [5, 5.41) is 15.9. The first kappa shape index (κ1) is 18.9. The topological polar surface area (TPSA) is 93.5 Å². The number of benzene rings is 1. The molecule has 27 heavy (non-hydrogen) atoms. The van der Waals surface area contributed by atoms with E-state index in [1.165, 1.54) is 12.8 Å². The molecule has 7 nitrogen and oxygen atoms in total. The van der Waals surface area contributed by atoms with Crippen LogP contribution in [-0.2, 0) is 11.3 Å². The molecule has 0 aliphatic heterocycles. The van der Waals surface area contributed by atoms with Crippen molar-refractivity contribution < 1.29 is 19.4 Å². The molecule has 7 heteroatoms. The number of amides is 1. The van der Waals surface area contributed by atoms with Gasteiger partial charge in [0.15, 0.2) is 0 Å². The Bertz CT molecular complexity index is 764. The van der Waals surface area contributed by atoms with Crippen molar-refractivity contribution in [3.8, 4) is 5.75 Å². The molecule has 1 fully saturated rings. The normalized spacial score (nSPS) is 14.2. The summed E-state index contributed by atoms with van der Waals surface area (Å²) in [6.45, 7) is 0.778. The Hall–Kier alpha value is -2.83. The average Bonchev–Trinajstić information content (AvgIpc) is 3.35. The van der Waals surface area contributed by atoms with Crippen LogP contribution < -0.4 is 10.1 Å². The van der Waals surface area contributed by atoms with Gasteiger partial charge in [0.1, 0.15) is 11.4 Å². The molecule has 1 aliphatic carbocycles. The van der Waals surface area contributed by atoms with Crippen molar-refractivity contribution in [2.24, 2.45) is 0 Å². The van der Waals surface area contributed by atoms with Crippen molar-refractivity contribution in [1.82, 2.24) is 15.1 Å². The van der Waals surface area contributed by atoms with E-state index in [4.69, 9.17) is 9.84 Å². The smallest absolute Gasteiger partial charge is 0.303 e. The molecule has 0 spiro atoms. The van der Waals surface area contributed by atoms with Gasteiger partial charge in [-0.25, -0.2) is 0 Å². The standard InChI is InChI=1S/C20H25N3O4/c24-19(25)6-3-13-27-17-9-7-15(8-10-17)14-21-20(26)18-11-12-23(22-18)16-4-1-2-5-16/h7-12,16H,1-6,13-14H2,(H,21,26)(H,24,25). The van der Waals surface area contributed by atoms with Crippen LogP contribution in [0.4, 0.5) is 0 Å². The predicted molar refractivity (Wildman–Crippen MR) is 99.7 cm³/mol. The van der Waals surface area contributed by atoms with Crippen LogP contribution in [-0.4, -0.2) is 33.4 Å². The molecule has 2 N–H and O–H groups in total. The number of ether oxygens (including phenoxy) is 1. The number of carboxylic acids is 1. The van der Waals surface area contributed by atoms with Crippen LogP contribution >= 0.6 is 0 Å². The molecule has 0 bridgehead atoms. The quantitative estimate of drug-likeness (QED) is 0.661. The van der Waals surface area contributed by atoms with Gasteiger partial charge in [-0.15, -0.1) is 0 Å². The van der Waals surface area contributed by atoms with Gasteiger partial charge in [0.05, 0.1) is 12.6 Å². The summed E-state index contributed by atoms with van der Waals surface area (Å²) in [6.07, 6.45) is 7.18. The summed E-state index contributed by atoms with van der Waals surface area (Å²) in [6, 6.07) is 9.58. The lowest BCUT2D eigenvalue weighted by Gasteiger charge is -2.09. The fourth-order valence-corrected chi connectivity index (χ4v) is 3.22. The Morgan fingerprint density at radius 2 is 1.93 bits per heavy atom. The Morgan fingerprint density at radius 3 is 2.63 bits per heavy atom. The Balaban J connectivity index is 1.44. The summed E-state index contributed by atoms with van der Waals surface area (Å²) in [5.74, 6) is -0.315. The lowest BCUT2D eigenvalue weighted by atomic mass is 10.2. The molecule has 0 radical (unpaired) electrons. The molecular formula is C20H25N3O4. The van der Waals surface area contributed by atoms with E-state index >= 15 is 0 Å². The molecular weight excluding hydrogens is 346 g/mol. The van der Waals surface area contributed by atoms with E-state index in [0.29, 0.717) is 37.1 Å². The number of nitrogens with zero attached hydrogens (tertiary/aromatic N) is 2. The average molecular weight is 371 g/mol. The SMILES string of the molecule is O=C(O)CCCOc1ccc(CNC(=O)c2ccn(C3CCCC3)n2)cc1. The van der Waals surface area contributed by atoms with E-state index in [1.54, 1.807) is 6.07 Å². The van der Waals surface area contributed by atoms with Crippen LogP contribution in [0.5, 0.6) is 5.75 Å². The highest BCUT2D eigenvalue weighted by atomic mass is 16.5. The van der Waals surface area contributed by atoms with Crippen molar-refractivity contribution in [3.05, 3.63) is 47.8 Å². The molecule has 0 saturated heterocycles. The van der Waals surface area contributed by atoms with Crippen LogP contribution in [0.3, 0.4) is 0 Å². The number of rotatable bonds is 9. The summed E-state index contributed by atoms with van der Waals surface area (Å²) < 4.78 is 7.41. The second kappa shape index (κ2) is 9.21. The van der Waals surface area contributed by atoms with Crippen molar-refractivity contribution in [2.75, 3.05) is 6.61 Å². The van der Waals surface area contributed by atoms with Gasteiger partial charge in [0.2, 0.25) is 0 Å². The van der Waals surface area contributed by atoms with Gasteiger partial charge in [-0.1, -0.05) is 25.0 Å². The monoisotopic (exact) mass is 371 g/mol. The number of carbonyl (C=O) groups is 2. The highest BCUT2D eigenvalue weighted by molar-refractivity contribution is 5.92. The third kappa shape index (κ3) is 5.57. The molecule has 0 atom stereocenters. The Kier molecular flexibility index (Phi) is 6.46. The maximum absolute atomic E-state index is 12.3. The molecule has 3 rings (SSSR count). The summed E-state index contributed by atoms with van der Waals surface area (Å²) >= 11 is 0. The molecule has 1 aromatic heterocycles. The van der Waals surface area contributed by atoms with Gasteiger partial charge in [-0.05, 0) is 43.0 Å².